The van der Waals surface area contributed by atoms with E-state index < -0.39 is 0 Å². The van der Waals surface area contributed by atoms with Crippen molar-refractivity contribution in [1.82, 2.24) is 9.78 Å². The zero-order chi connectivity index (χ0) is 11.5. The van der Waals surface area contributed by atoms with E-state index in [9.17, 15) is 4.39 Å². The first-order valence-electron chi connectivity index (χ1n) is 4.91. The first-order chi connectivity index (χ1) is 7.72. The standard InChI is InChI=1S/C11H11BrFN3/c12-11-8(4-5-14)7-15-16(11)10-3-1-2-9(13)6-10/h1-3,6-7H,4-5,14H2. The summed E-state index contributed by atoms with van der Waals surface area (Å²) in [5, 5.41) is 4.19. The second-order valence-electron chi connectivity index (χ2n) is 3.39. The topological polar surface area (TPSA) is 43.8 Å². The Morgan fingerprint density at radius 2 is 2.25 bits per heavy atom. The Balaban J connectivity index is 2.41. The maximum absolute atomic E-state index is 13.1. The Morgan fingerprint density at radius 1 is 1.44 bits per heavy atom. The number of benzene rings is 1. The first kappa shape index (κ1) is 11.3. The minimum absolute atomic E-state index is 0.278. The van der Waals surface area contributed by atoms with Gasteiger partial charge in [0.25, 0.3) is 0 Å². The molecule has 0 radical (unpaired) electrons. The molecule has 0 saturated heterocycles. The van der Waals surface area contributed by atoms with Crippen LogP contribution in [0.4, 0.5) is 4.39 Å². The Kier molecular flexibility index (Phi) is 3.36. The maximum Gasteiger partial charge on any atom is 0.125 e. The van der Waals surface area contributed by atoms with Gasteiger partial charge >= 0.3 is 0 Å². The molecule has 1 heterocycles. The van der Waals surface area contributed by atoms with Crippen LogP contribution in [0.25, 0.3) is 5.69 Å². The van der Waals surface area contributed by atoms with Gasteiger partial charge in [-0.3, -0.25) is 0 Å². The number of hydrogen-bond donors (Lipinski definition) is 1. The van der Waals surface area contributed by atoms with Crippen molar-refractivity contribution in [1.29, 1.82) is 0 Å². The van der Waals surface area contributed by atoms with Crippen molar-refractivity contribution in [2.75, 3.05) is 6.54 Å². The molecule has 16 heavy (non-hydrogen) atoms. The third-order valence-corrected chi connectivity index (χ3v) is 3.09. The highest BCUT2D eigenvalue weighted by Gasteiger charge is 2.09. The van der Waals surface area contributed by atoms with Crippen molar-refractivity contribution in [3.05, 3.63) is 46.4 Å². The molecule has 0 spiro atoms. The number of hydrogen-bond acceptors (Lipinski definition) is 2. The zero-order valence-electron chi connectivity index (χ0n) is 8.53. The van der Waals surface area contributed by atoms with Gasteiger partial charge in [-0.25, -0.2) is 9.07 Å². The lowest BCUT2D eigenvalue weighted by Crippen LogP contribution is -2.03. The largest absolute Gasteiger partial charge is 0.330 e. The van der Waals surface area contributed by atoms with Crippen molar-refractivity contribution >= 4 is 15.9 Å². The molecule has 1 aromatic heterocycles. The molecular weight excluding hydrogens is 273 g/mol. The fourth-order valence-corrected chi connectivity index (χ4v) is 2.08. The minimum atomic E-state index is -0.278. The summed E-state index contributed by atoms with van der Waals surface area (Å²) in [5.74, 6) is -0.278. The van der Waals surface area contributed by atoms with E-state index in [0.29, 0.717) is 12.2 Å². The molecule has 84 valence electrons. The van der Waals surface area contributed by atoms with Crippen molar-refractivity contribution < 1.29 is 4.39 Å². The fraction of sp³-hybridized carbons (Fsp3) is 0.182. The lowest BCUT2D eigenvalue weighted by Gasteiger charge is -2.03. The van der Waals surface area contributed by atoms with Gasteiger partial charge in [0.15, 0.2) is 0 Å². The maximum atomic E-state index is 13.1. The summed E-state index contributed by atoms with van der Waals surface area (Å²) >= 11 is 3.44. The number of rotatable bonds is 3. The summed E-state index contributed by atoms with van der Waals surface area (Å²) in [5.41, 5.74) is 7.19. The van der Waals surface area contributed by atoms with Gasteiger partial charge in [0, 0.05) is 5.56 Å². The Bertz CT molecular complexity index is 496. The van der Waals surface area contributed by atoms with E-state index in [0.717, 1.165) is 16.6 Å². The van der Waals surface area contributed by atoms with E-state index in [2.05, 4.69) is 21.0 Å². The summed E-state index contributed by atoms with van der Waals surface area (Å²) < 4.78 is 15.5. The highest BCUT2D eigenvalue weighted by atomic mass is 79.9. The van der Waals surface area contributed by atoms with E-state index in [1.54, 1.807) is 23.0 Å². The van der Waals surface area contributed by atoms with Gasteiger partial charge in [-0.2, -0.15) is 5.10 Å². The smallest absolute Gasteiger partial charge is 0.125 e. The summed E-state index contributed by atoms with van der Waals surface area (Å²) in [6, 6.07) is 6.29. The molecule has 2 rings (SSSR count). The van der Waals surface area contributed by atoms with Crippen LogP contribution in [0.1, 0.15) is 5.56 Å². The van der Waals surface area contributed by atoms with E-state index >= 15 is 0 Å². The van der Waals surface area contributed by atoms with Crippen molar-refractivity contribution in [3.8, 4) is 5.69 Å². The van der Waals surface area contributed by atoms with Crippen LogP contribution in [0.5, 0.6) is 0 Å². The second kappa shape index (κ2) is 4.76. The van der Waals surface area contributed by atoms with Crippen LogP contribution < -0.4 is 5.73 Å². The predicted octanol–water partition coefficient (Wildman–Crippen LogP) is 2.28. The highest BCUT2D eigenvalue weighted by molar-refractivity contribution is 9.10. The summed E-state index contributed by atoms with van der Waals surface area (Å²) in [4.78, 5) is 0. The molecule has 3 nitrogen and oxygen atoms in total. The molecule has 0 amide bonds. The Morgan fingerprint density at radius 3 is 2.94 bits per heavy atom. The van der Waals surface area contributed by atoms with E-state index in [4.69, 9.17) is 5.73 Å². The molecule has 5 heteroatoms. The zero-order valence-corrected chi connectivity index (χ0v) is 10.1. The van der Waals surface area contributed by atoms with Crippen molar-refractivity contribution in [3.63, 3.8) is 0 Å². The van der Waals surface area contributed by atoms with Crippen LogP contribution >= 0.6 is 15.9 Å². The molecule has 0 unspecified atom stereocenters. The molecule has 0 aliphatic carbocycles. The summed E-state index contributed by atoms with van der Waals surface area (Å²) in [6.07, 6.45) is 2.48. The molecule has 0 aliphatic rings. The van der Waals surface area contributed by atoms with Crippen LogP contribution in [0.2, 0.25) is 0 Å². The van der Waals surface area contributed by atoms with Crippen LogP contribution in [0, 0.1) is 5.82 Å². The normalized spacial score (nSPS) is 10.7. The summed E-state index contributed by atoms with van der Waals surface area (Å²) in [6.45, 7) is 0.563. The quantitative estimate of drug-likeness (QED) is 0.939. The molecule has 2 aromatic rings. The molecule has 2 N–H and O–H groups in total. The van der Waals surface area contributed by atoms with E-state index in [-0.39, 0.29) is 5.82 Å². The van der Waals surface area contributed by atoms with Crippen LogP contribution in [0.3, 0.4) is 0 Å². The number of aromatic nitrogens is 2. The van der Waals surface area contributed by atoms with Crippen LogP contribution in [-0.2, 0) is 6.42 Å². The monoisotopic (exact) mass is 283 g/mol. The molecule has 0 bridgehead atoms. The second-order valence-corrected chi connectivity index (χ2v) is 4.14. The van der Waals surface area contributed by atoms with Gasteiger partial charge < -0.3 is 5.73 Å². The van der Waals surface area contributed by atoms with Gasteiger partial charge in [0.05, 0.1) is 11.9 Å². The SMILES string of the molecule is NCCc1cnn(-c2cccc(F)c2)c1Br. The Labute approximate surface area is 101 Å². The number of nitrogens with zero attached hydrogens (tertiary/aromatic N) is 2. The van der Waals surface area contributed by atoms with Crippen molar-refractivity contribution in [2.24, 2.45) is 5.73 Å². The highest BCUT2D eigenvalue weighted by Crippen LogP contribution is 2.21. The molecule has 0 fully saturated rings. The average Bonchev–Trinajstić information content (AvgIpc) is 2.61. The summed E-state index contributed by atoms with van der Waals surface area (Å²) in [7, 11) is 0. The third-order valence-electron chi connectivity index (χ3n) is 2.25. The number of nitrogens with two attached hydrogens (primary N) is 1. The molecular formula is C11H11BrFN3. The fourth-order valence-electron chi connectivity index (χ4n) is 1.48. The van der Waals surface area contributed by atoms with Gasteiger partial charge in [-0.05, 0) is 47.1 Å². The molecule has 0 saturated carbocycles. The third kappa shape index (κ3) is 2.15. The Hall–Kier alpha value is -1.20. The van der Waals surface area contributed by atoms with E-state index in [1.807, 2.05) is 0 Å². The van der Waals surface area contributed by atoms with Gasteiger partial charge in [0.2, 0.25) is 0 Å². The van der Waals surface area contributed by atoms with Gasteiger partial charge in [-0.1, -0.05) is 6.07 Å². The lowest BCUT2D eigenvalue weighted by molar-refractivity contribution is 0.625. The molecule has 0 aliphatic heterocycles. The van der Waals surface area contributed by atoms with Gasteiger partial charge in [0.1, 0.15) is 10.4 Å². The number of halogens is 2. The predicted molar refractivity (Wildman–Crippen MR) is 64.0 cm³/mol. The van der Waals surface area contributed by atoms with Crippen molar-refractivity contribution in [2.45, 2.75) is 6.42 Å². The van der Waals surface area contributed by atoms with Crippen LogP contribution in [-0.4, -0.2) is 16.3 Å². The average molecular weight is 284 g/mol. The minimum Gasteiger partial charge on any atom is -0.330 e. The lowest BCUT2D eigenvalue weighted by atomic mass is 10.2. The van der Waals surface area contributed by atoms with E-state index in [1.165, 1.54) is 12.1 Å². The molecule has 0 atom stereocenters. The van der Waals surface area contributed by atoms with Gasteiger partial charge in [-0.15, -0.1) is 0 Å². The first-order valence-corrected chi connectivity index (χ1v) is 5.70. The molecule has 1 aromatic carbocycles. The van der Waals surface area contributed by atoms with Crippen LogP contribution in [0.15, 0.2) is 35.1 Å².